The second-order valence-corrected chi connectivity index (χ2v) is 14.4. The van der Waals surface area contributed by atoms with Gasteiger partial charge in [-0.15, -0.1) is 6.58 Å². The van der Waals surface area contributed by atoms with Crippen LogP contribution in [0.4, 0.5) is 4.79 Å². The van der Waals surface area contributed by atoms with E-state index in [0.29, 0.717) is 38.6 Å². The Morgan fingerprint density at radius 2 is 1.58 bits per heavy atom. The van der Waals surface area contributed by atoms with Crippen LogP contribution in [0.1, 0.15) is 111 Å². The molecule has 2 heterocycles. The van der Waals surface area contributed by atoms with Crippen molar-refractivity contribution in [2.24, 2.45) is 11.3 Å². The predicted octanol–water partition coefficient (Wildman–Crippen LogP) is 2.73. The number of imide groups is 1. The first-order valence-electron chi connectivity index (χ1n) is 17.7. The fourth-order valence-corrected chi connectivity index (χ4v) is 6.75. The van der Waals surface area contributed by atoms with Crippen molar-refractivity contribution < 1.29 is 33.6 Å². The molecule has 13 heteroatoms. The Morgan fingerprint density at radius 1 is 0.917 bits per heavy atom. The molecule has 0 bridgehead atoms. The molecule has 1 unspecified atom stereocenters. The van der Waals surface area contributed by atoms with Gasteiger partial charge in [-0.2, -0.15) is 0 Å². The highest BCUT2D eigenvalue weighted by atomic mass is 16.2. The molecule has 2 aliphatic heterocycles. The van der Waals surface area contributed by atoms with Crippen LogP contribution in [0.25, 0.3) is 0 Å². The van der Waals surface area contributed by atoms with Gasteiger partial charge in [0.05, 0.1) is 12.1 Å². The average Bonchev–Trinajstić information content (AvgIpc) is 3.55. The molecule has 0 aromatic heterocycles. The molecule has 48 heavy (non-hydrogen) atoms. The first-order chi connectivity index (χ1) is 22.8. The Morgan fingerprint density at radius 3 is 2.19 bits per heavy atom. The topological polar surface area (TPSA) is 174 Å². The summed E-state index contributed by atoms with van der Waals surface area (Å²) in [6, 6.07) is -3.91. The first kappa shape index (κ1) is 38.7. The monoisotopic (exact) mass is 672 g/mol. The molecule has 0 aromatic carbocycles. The normalized spacial score (nSPS) is 20.8. The third-order valence-corrected chi connectivity index (χ3v) is 9.72. The van der Waals surface area contributed by atoms with E-state index in [1.807, 2.05) is 27.7 Å². The van der Waals surface area contributed by atoms with E-state index >= 15 is 0 Å². The van der Waals surface area contributed by atoms with Gasteiger partial charge < -0.3 is 26.2 Å². The SMILES string of the molecule is C=CCNC(=O)C(=O)C(CCCC)NC(=O)[C@@H]1CCCN1C(=O)[C@@H](NC(=O)N[C@H](CN1C(=O)CCCC1=O)C(C)(C)C)C1CCCCC1. The van der Waals surface area contributed by atoms with Crippen molar-refractivity contribution in [3.63, 3.8) is 0 Å². The fourth-order valence-electron chi connectivity index (χ4n) is 6.75. The molecule has 4 atom stereocenters. The maximum absolute atomic E-state index is 14.3. The quantitative estimate of drug-likeness (QED) is 0.118. The van der Waals surface area contributed by atoms with E-state index in [1.165, 1.54) is 15.9 Å². The van der Waals surface area contributed by atoms with Crippen LogP contribution in [-0.4, -0.2) is 95.0 Å². The van der Waals surface area contributed by atoms with Crippen LogP contribution >= 0.6 is 0 Å². The van der Waals surface area contributed by atoms with Crippen LogP contribution in [0.15, 0.2) is 12.7 Å². The van der Waals surface area contributed by atoms with Gasteiger partial charge in [-0.25, -0.2) is 4.79 Å². The summed E-state index contributed by atoms with van der Waals surface area (Å²) in [5.41, 5.74) is -0.508. The number of piperidine rings is 1. The largest absolute Gasteiger partial charge is 0.346 e. The maximum atomic E-state index is 14.3. The van der Waals surface area contributed by atoms with E-state index < -0.39 is 53.2 Å². The zero-order valence-corrected chi connectivity index (χ0v) is 29.2. The standard InChI is InChI=1S/C35H56N6O7/c1-6-8-16-24(30(44)32(46)36-20-7-2)37-31(45)25-17-13-21-40(25)33(47)29(23-14-10-9-11-15-23)39-34(48)38-26(35(3,4)5)22-41-27(42)18-12-19-28(41)43/h7,23-26,29H,2,6,8-22H2,1,3-5H3,(H,36,46)(H,37,45)(H2,38,39,48)/t24?,25-,26+,29-/m0/s1. The number of hydrogen-bond donors (Lipinski definition) is 4. The summed E-state index contributed by atoms with van der Waals surface area (Å²) in [4.78, 5) is 94.7. The number of nitrogens with one attached hydrogen (secondary N) is 4. The van der Waals surface area contributed by atoms with Gasteiger partial charge in [0.15, 0.2) is 0 Å². The number of carbonyl (C=O) groups excluding carboxylic acids is 7. The maximum Gasteiger partial charge on any atom is 0.315 e. The van der Waals surface area contributed by atoms with Gasteiger partial charge in [0, 0.05) is 32.5 Å². The average molecular weight is 673 g/mol. The number of amides is 7. The number of unbranched alkanes of at least 4 members (excludes halogenated alkanes) is 1. The third kappa shape index (κ3) is 10.6. The minimum absolute atomic E-state index is 0.0362. The molecule has 13 nitrogen and oxygen atoms in total. The van der Waals surface area contributed by atoms with Crippen molar-refractivity contribution in [3.8, 4) is 0 Å². The number of carbonyl (C=O) groups is 7. The van der Waals surface area contributed by atoms with Crippen molar-refractivity contribution in [3.05, 3.63) is 12.7 Å². The molecule has 0 aromatic rings. The van der Waals surface area contributed by atoms with Crippen molar-refractivity contribution in [1.82, 2.24) is 31.1 Å². The number of urea groups is 1. The lowest BCUT2D eigenvalue weighted by Gasteiger charge is -2.38. The summed E-state index contributed by atoms with van der Waals surface area (Å²) in [5.74, 6) is -3.04. The minimum Gasteiger partial charge on any atom is -0.346 e. The Hall–Kier alpha value is -3.77. The minimum atomic E-state index is -1.02. The molecule has 4 N–H and O–H groups in total. The smallest absolute Gasteiger partial charge is 0.315 e. The molecule has 0 radical (unpaired) electrons. The number of hydrogen-bond acceptors (Lipinski definition) is 7. The molecule has 3 aliphatic rings. The van der Waals surface area contributed by atoms with E-state index in [-0.39, 0.29) is 49.6 Å². The van der Waals surface area contributed by atoms with Crippen LogP contribution in [0.5, 0.6) is 0 Å². The van der Waals surface area contributed by atoms with Gasteiger partial charge in [-0.1, -0.05) is 65.9 Å². The van der Waals surface area contributed by atoms with Gasteiger partial charge in [-0.05, 0) is 49.9 Å². The summed E-state index contributed by atoms with van der Waals surface area (Å²) in [6.07, 6.45) is 9.55. The van der Waals surface area contributed by atoms with Crippen molar-refractivity contribution in [2.45, 2.75) is 135 Å². The first-order valence-corrected chi connectivity index (χ1v) is 17.7. The lowest BCUT2D eigenvalue weighted by molar-refractivity contribution is -0.148. The number of likely N-dealkylation sites (tertiary alicyclic amines) is 2. The highest BCUT2D eigenvalue weighted by molar-refractivity contribution is 6.38. The van der Waals surface area contributed by atoms with Gasteiger partial charge in [-0.3, -0.25) is 33.7 Å². The number of Topliss-reactive ketones (excluding diaryl/α,β-unsaturated/α-hetero) is 1. The summed E-state index contributed by atoms with van der Waals surface area (Å²) in [7, 11) is 0. The molecule has 2 saturated heterocycles. The lowest BCUT2D eigenvalue weighted by Crippen LogP contribution is -2.61. The Balaban J connectivity index is 1.77. The second-order valence-electron chi connectivity index (χ2n) is 14.4. The highest BCUT2D eigenvalue weighted by Gasteiger charge is 2.42. The van der Waals surface area contributed by atoms with E-state index in [1.54, 1.807) is 0 Å². The predicted molar refractivity (Wildman–Crippen MR) is 180 cm³/mol. The number of ketones is 1. The van der Waals surface area contributed by atoms with E-state index in [4.69, 9.17) is 0 Å². The van der Waals surface area contributed by atoms with Crippen molar-refractivity contribution in [2.75, 3.05) is 19.6 Å². The Bertz CT molecular complexity index is 1190. The molecule has 3 fully saturated rings. The van der Waals surface area contributed by atoms with Gasteiger partial charge >= 0.3 is 6.03 Å². The fraction of sp³-hybridized carbons (Fsp3) is 0.743. The van der Waals surface area contributed by atoms with Crippen LogP contribution in [-0.2, 0) is 28.8 Å². The summed E-state index contributed by atoms with van der Waals surface area (Å²) >= 11 is 0. The zero-order valence-electron chi connectivity index (χ0n) is 29.2. The molecule has 3 rings (SSSR count). The highest BCUT2D eigenvalue weighted by Crippen LogP contribution is 2.30. The molecule has 268 valence electrons. The van der Waals surface area contributed by atoms with E-state index in [9.17, 15) is 33.6 Å². The molecule has 1 saturated carbocycles. The number of rotatable bonds is 15. The zero-order chi connectivity index (χ0) is 35.4. The van der Waals surface area contributed by atoms with Crippen LogP contribution in [0.3, 0.4) is 0 Å². The Kier molecular flexibility index (Phi) is 14.6. The van der Waals surface area contributed by atoms with Crippen molar-refractivity contribution >= 4 is 41.4 Å². The molecular weight excluding hydrogens is 616 g/mol. The van der Waals surface area contributed by atoms with Crippen LogP contribution < -0.4 is 21.3 Å². The van der Waals surface area contributed by atoms with E-state index in [2.05, 4.69) is 27.8 Å². The number of nitrogens with zero attached hydrogens (tertiary/aromatic N) is 2. The summed E-state index contributed by atoms with van der Waals surface area (Å²) in [5, 5.41) is 11.1. The van der Waals surface area contributed by atoms with Crippen molar-refractivity contribution in [1.29, 1.82) is 0 Å². The molecule has 1 aliphatic carbocycles. The Labute approximate surface area is 284 Å². The van der Waals surface area contributed by atoms with Gasteiger partial charge in [0.1, 0.15) is 12.1 Å². The van der Waals surface area contributed by atoms with Crippen LogP contribution in [0, 0.1) is 11.3 Å². The second kappa shape index (κ2) is 18.1. The molecular formula is C35H56N6O7. The third-order valence-electron chi connectivity index (χ3n) is 9.72. The lowest BCUT2D eigenvalue weighted by atomic mass is 9.83. The molecule has 7 amide bonds. The van der Waals surface area contributed by atoms with Gasteiger partial charge in [0.25, 0.3) is 5.91 Å². The summed E-state index contributed by atoms with van der Waals surface area (Å²) < 4.78 is 0. The summed E-state index contributed by atoms with van der Waals surface area (Å²) in [6.45, 7) is 11.7. The van der Waals surface area contributed by atoms with E-state index in [0.717, 1.165) is 38.5 Å². The molecule has 0 spiro atoms. The van der Waals surface area contributed by atoms with Gasteiger partial charge in [0.2, 0.25) is 29.4 Å². The van der Waals surface area contributed by atoms with Crippen LogP contribution in [0.2, 0.25) is 0 Å².